The zero-order chi connectivity index (χ0) is 19.6. The molecule has 1 aliphatic rings. The highest BCUT2D eigenvalue weighted by Gasteiger charge is 2.42. The zero-order valence-electron chi connectivity index (χ0n) is 14.7. The minimum Gasteiger partial charge on any atom is -0.478 e. The summed E-state index contributed by atoms with van der Waals surface area (Å²) >= 11 is 0. The van der Waals surface area contributed by atoms with Crippen LogP contribution in [0.2, 0.25) is 0 Å². The van der Waals surface area contributed by atoms with Crippen molar-refractivity contribution in [3.63, 3.8) is 0 Å². The van der Waals surface area contributed by atoms with Gasteiger partial charge in [-0.3, -0.25) is 9.59 Å². The molecule has 140 valence electrons. The van der Waals surface area contributed by atoms with Crippen LogP contribution in [0.15, 0.2) is 48.5 Å². The molecule has 2 atom stereocenters. The summed E-state index contributed by atoms with van der Waals surface area (Å²) in [5, 5.41) is 11.7. The molecule has 2 N–H and O–H groups in total. The molecule has 0 bridgehead atoms. The van der Waals surface area contributed by atoms with Crippen LogP contribution in [0.3, 0.4) is 0 Å². The second kappa shape index (κ2) is 7.57. The summed E-state index contributed by atoms with van der Waals surface area (Å²) in [4.78, 5) is 37.2. The fourth-order valence-corrected chi connectivity index (χ4v) is 3.31. The van der Waals surface area contributed by atoms with E-state index in [0.717, 1.165) is 5.56 Å². The van der Waals surface area contributed by atoms with Gasteiger partial charge in [-0.2, -0.15) is 0 Å². The molecule has 0 aliphatic carbocycles. The summed E-state index contributed by atoms with van der Waals surface area (Å²) in [6.07, 6.45) is 0.0856. The topological polar surface area (TPSA) is 86.7 Å². The van der Waals surface area contributed by atoms with Gasteiger partial charge in [0.05, 0.1) is 17.5 Å². The van der Waals surface area contributed by atoms with Crippen molar-refractivity contribution in [3.8, 4) is 0 Å². The first kappa shape index (κ1) is 18.6. The van der Waals surface area contributed by atoms with Crippen LogP contribution in [0, 0.1) is 11.7 Å². The van der Waals surface area contributed by atoms with E-state index in [1.807, 2.05) is 0 Å². The first-order valence-corrected chi connectivity index (χ1v) is 8.48. The summed E-state index contributed by atoms with van der Waals surface area (Å²) in [5.74, 6) is -2.39. The van der Waals surface area contributed by atoms with Crippen molar-refractivity contribution in [1.82, 2.24) is 10.2 Å². The molecule has 1 saturated heterocycles. The highest BCUT2D eigenvalue weighted by Crippen LogP contribution is 2.37. The maximum absolute atomic E-state index is 13.2. The minimum absolute atomic E-state index is 0.0856. The van der Waals surface area contributed by atoms with Gasteiger partial charge < -0.3 is 15.3 Å². The molecule has 1 heterocycles. The Hall–Kier alpha value is -3.22. The van der Waals surface area contributed by atoms with Gasteiger partial charge in [0, 0.05) is 20.0 Å². The third-order valence-corrected chi connectivity index (χ3v) is 4.80. The van der Waals surface area contributed by atoms with Gasteiger partial charge in [0.1, 0.15) is 5.82 Å². The number of carbonyl (C=O) groups excluding carboxylic acids is 2. The Morgan fingerprint density at radius 2 is 1.78 bits per heavy atom. The van der Waals surface area contributed by atoms with Crippen LogP contribution in [0.4, 0.5) is 4.39 Å². The Morgan fingerprint density at radius 3 is 2.37 bits per heavy atom. The molecule has 0 radical (unpaired) electrons. The van der Waals surface area contributed by atoms with Crippen molar-refractivity contribution in [2.24, 2.45) is 5.92 Å². The van der Waals surface area contributed by atoms with Gasteiger partial charge in [-0.25, -0.2) is 9.18 Å². The Bertz CT molecular complexity index is 865. The van der Waals surface area contributed by atoms with Gasteiger partial charge in [0.2, 0.25) is 11.8 Å². The SMILES string of the molecule is CN1C(=O)CC(C(=O)NCc2ccc(C(=O)O)cc2)C1c1ccc(F)cc1. The molecule has 2 unspecified atom stereocenters. The lowest BCUT2D eigenvalue weighted by Crippen LogP contribution is -2.34. The Labute approximate surface area is 155 Å². The standard InChI is InChI=1S/C20H19FN2O4/c1-23-17(24)10-16(18(23)13-6-8-15(21)9-7-13)19(25)22-11-12-2-4-14(5-3-12)20(26)27/h2-9,16,18H,10-11H2,1H3,(H,22,25)(H,26,27). The van der Waals surface area contributed by atoms with E-state index in [1.165, 1.54) is 29.2 Å². The van der Waals surface area contributed by atoms with E-state index in [-0.39, 0.29) is 36.2 Å². The maximum atomic E-state index is 13.2. The van der Waals surface area contributed by atoms with Gasteiger partial charge in [0.15, 0.2) is 0 Å². The number of carboxylic acid groups (broad SMARTS) is 1. The van der Waals surface area contributed by atoms with E-state index in [0.29, 0.717) is 5.56 Å². The van der Waals surface area contributed by atoms with Crippen molar-refractivity contribution in [2.75, 3.05) is 7.05 Å². The number of halogens is 1. The van der Waals surface area contributed by atoms with Crippen LogP contribution >= 0.6 is 0 Å². The lowest BCUT2D eigenvalue weighted by atomic mass is 9.93. The molecule has 1 fully saturated rings. The predicted octanol–water partition coefficient (Wildman–Crippen LogP) is 2.36. The number of rotatable bonds is 5. The molecule has 0 spiro atoms. The average Bonchev–Trinajstić information content (AvgIpc) is 2.96. The average molecular weight is 370 g/mol. The molecule has 27 heavy (non-hydrogen) atoms. The van der Waals surface area contributed by atoms with Crippen LogP contribution in [0.1, 0.15) is 33.9 Å². The molecule has 6 nitrogen and oxygen atoms in total. The number of hydrogen-bond acceptors (Lipinski definition) is 3. The summed E-state index contributed by atoms with van der Waals surface area (Å²) in [5.41, 5.74) is 1.63. The monoisotopic (exact) mass is 370 g/mol. The molecule has 3 rings (SSSR count). The zero-order valence-corrected chi connectivity index (χ0v) is 14.7. The Kier molecular flexibility index (Phi) is 5.21. The molecule has 2 aromatic rings. The second-order valence-electron chi connectivity index (χ2n) is 6.53. The Morgan fingerprint density at radius 1 is 1.15 bits per heavy atom. The Balaban J connectivity index is 1.71. The first-order valence-electron chi connectivity index (χ1n) is 8.48. The van der Waals surface area contributed by atoms with E-state index >= 15 is 0 Å². The number of hydrogen-bond donors (Lipinski definition) is 2. The number of nitrogens with zero attached hydrogens (tertiary/aromatic N) is 1. The van der Waals surface area contributed by atoms with Gasteiger partial charge in [-0.05, 0) is 35.4 Å². The van der Waals surface area contributed by atoms with Gasteiger partial charge in [0.25, 0.3) is 0 Å². The van der Waals surface area contributed by atoms with E-state index in [1.54, 1.807) is 31.3 Å². The van der Waals surface area contributed by atoms with E-state index in [9.17, 15) is 18.8 Å². The lowest BCUT2D eigenvalue weighted by molar-refractivity contribution is -0.128. The normalized spacial score (nSPS) is 19.2. The van der Waals surface area contributed by atoms with Crippen molar-refractivity contribution in [3.05, 3.63) is 71.0 Å². The number of aromatic carboxylic acids is 1. The summed E-state index contributed by atoms with van der Waals surface area (Å²) in [6.45, 7) is 0.225. The highest BCUT2D eigenvalue weighted by molar-refractivity contribution is 5.90. The van der Waals surface area contributed by atoms with E-state index < -0.39 is 17.9 Å². The molecule has 0 saturated carbocycles. The lowest BCUT2D eigenvalue weighted by Gasteiger charge is -2.25. The van der Waals surface area contributed by atoms with E-state index in [2.05, 4.69) is 5.32 Å². The van der Waals surface area contributed by atoms with Crippen LogP contribution in [-0.2, 0) is 16.1 Å². The fourth-order valence-electron chi connectivity index (χ4n) is 3.31. The van der Waals surface area contributed by atoms with Gasteiger partial charge in [-0.15, -0.1) is 0 Å². The molecular weight excluding hydrogens is 351 g/mol. The predicted molar refractivity (Wildman–Crippen MR) is 95.3 cm³/mol. The smallest absolute Gasteiger partial charge is 0.335 e. The fraction of sp³-hybridized carbons (Fsp3) is 0.250. The number of nitrogens with one attached hydrogen (secondary N) is 1. The van der Waals surface area contributed by atoms with Gasteiger partial charge >= 0.3 is 5.97 Å². The van der Waals surface area contributed by atoms with E-state index in [4.69, 9.17) is 5.11 Å². The maximum Gasteiger partial charge on any atom is 0.335 e. The molecule has 7 heteroatoms. The van der Waals surface area contributed by atoms with Crippen LogP contribution < -0.4 is 5.32 Å². The summed E-state index contributed by atoms with van der Waals surface area (Å²) < 4.78 is 13.2. The summed E-state index contributed by atoms with van der Waals surface area (Å²) in [6, 6.07) is 11.5. The number of carbonyl (C=O) groups is 3. The van der Waals surface area contributed by atoms with Crippen LogP contribution in [0.5, 0.6) is 0 Å². The molecule has 2 aromatic carbocycles. The highest BCUT2D eigenvalue weighted by atomic mass is 19.1. The number of carboxylic acids is 1. The van der Waals surface area contributed by atoms with Crippen LogP contribution in [-0.4, -0.2) is 34.8 Å². The minimum atomic E-state index is -1.01. The van der Waals surface area contributed by atoms with Crippen molar-refractivity contribution < 1.29 is 23.9 Å². The third kappa shape index (κ3) is 3.97. The first-order chi connectivity index (χ1) is 12.9. The summed E-state index contributed by atoms with van der Waals surface area (Å²) in [7, 11) is 1.63. The quantitative estimate of drug-likeness (QED) is 0.846. The number of amides is 2. The molecule has 2 amide bonds. The molecule has 1 aliphatic heterocycles. The van der Waals surface area contributed by atoms with Gasteiger partial charge in [-0.1, -0.05) is 24.3 Å². The second-order valence-corrected chi connectivity index (χ2v) is 6.53. The van der Waals surface area contributed by atoms with Crippen molar-refractivity contribution >= 4 is 17.8 Å². The third-order valence-electron chi connectivity index (χ3n) is 4.80. The molecular formula is C20H19FN2O4. The number of benzene rings is 2. The largest absolute Gasteiger partial charge is 0.478 e. The molecule has 0 aromatic heterocycles. The van der Waals surface area contributed by atoms with Crippen LogP contribution in [0.25, 0.3) is 0 Å². The van der Waals surface area contributed by atoms with Crippen molar-refractivity contribution in [2.45, 2.75) is 19.0 Å². The van der Waals surface area contributed by atoms with Crippen molar-refractivity contribution in [1.29, 1.82) is 0 Å². The number of likely N-dealkylation sites (tertiary alicyclic amines) is 1.